The van der Waals surface area contributed by atoms with Crippen LogP contribution in [-0.4, -0.2) is 25.5 Å². The molecule has 0 saturated heterocycles. The van der Waals surface area contributed by atoms with Gasteiger partial charge in [0.05, 0.1) is 5.56 Å². The highest BCUT2D eigenvalue weighted by molar-refractivity contribution is 6.31. The topological polar surface area (TPSA) is 32.3 Å². The molecular weight excluding hydrogens is 303 g/mol. The number of hydrogen-bond donors (Lipinski definition) is 1. The van der Waals surface area contributed by atoms with Crippen molar-refractivity contribution in [1.82, 2.24) is 5.32 Å². The lowest BCUT2D eigenvalue weighted by molar-refractivity contribution is 0.0947. The highest BCUT2D eigenvalue weighted by Gasteiger charge is 2.15. The largest absolute Gasteiger partial charge is 0.370 e. The van der Waals surface area contributed by atoms with Crippen molar-refractivity contribution in [2.24, 2.45) is 0 Å². The molecule has 0 aliphatic carbocycles. The van der Waals surface area contributed by atoms with E-state index < -0.39 is 11.7 Å². The number of carbonyl (C=O) groups is 1. The number of carbonyl (C=O) groups excluding carboxylic acids is 1. The van der Waals surface area contributed by atoms with Crippen LogP contribution in [-0.2, 0) is 0 Å². The summed E-state index contributed by atoms with van der Waals surface area (Å²) >= 11 is 5.80. The quantitative estimate of drug-likeness (QED) is 0.910. The van der Waals surface area contributed by atoms with Gasteiger partial charge in [-0.25, -0.2) is 4.39 Å². The number of halogens is 2. The Bertz CT molecular complexity index is 648. The van der Waals surface area contributed by atoms with Crippen molar-refractivity contribution in [1.29, 1.82) is 0 Å². The van der Waals surface area contributed by atoms with Gasteiger partial charge in [0, 0.05) is 30.3 Å². The van der Waals surface area contributed by atoms with Crippen LogP contribution in [0.4, 0.5) is 10.1 Å². The molecule has 22 heavy (non-hydrogen) atoms. The maximum Gasteiger partial charge on any atom is 0.254 e. The molecule has 0 unspecified atom stereocenters. The Balaban J connectivity index is 1.97. The molecule has 0 aliphatic heterocycles. The van der Waals surface area contributed by atoms with Crippen molar-refractivity contribution < 1.29 is 9.18 Å². The molecule has 2 aromatic carbocycles. The molecule has 1 atom stereocenters. The fourth-order valence-corrected chi connectivity index (χ4v) is 2.23. The first-order valence-electron chi connectivity index (χ1n) is 7.00. The zero-order valence-corrected chi connectivity index (χ0v) is 13.3. The van der Waals surface area contributed by atoms with Crippen LogP contribution < -0.4 is 10.2 Å². The van der Waals surface area contributed by atoms with Crippen molar-refractivity contribution in [3.63, 3.8) is 0 Å². The second kappa shape index (κ2) is 7.27. The number of nitrogens with one attached hydrogen (secondary N) is 1. The monoisotopic (exact) mass is 320 g/mol. The predicted octanol–water partition coefficient (Wildman–Crippen LogP) is 3.73. The van der Waals surface area contributed by atoms with E-state index >= 15 is 0 Å². The summed E-state index contributed by atoms with van der Waals surface area (Å²) in [5.41, 5.74) is 1.01. The Kier molecular flexibility index (Phi) is 5.39. The summed E-state index contributed by atoms with van der Waals surface area (Å²) < 4.78 is 13.6. The molecular formula is C17H18ClFN2O. The summed E-state index contributed by atoms with van der Waals surface area (Å²) in [5, 5.41) is 3.07. The van der Waals surface area contributed by atoms with Gasteiger partial charge in [0.15, 0.2) is 0 Å². The van der Waals surface area contributed by atoms with Crippen LogP contribution in [0, 0.1) is 5.82 Å². The van der Waals surface area contributed by atoms with Gasteiger partial charge in [0.25, 0.3) is 5.91 Å². The molecule has 5 heteroatoms. The highest BCUT2D eigenvalue weighted by Crippen LogP contribution is 2.16. The molecule has 1 N–H and O–H groups in total. The molecule has 1 amide bonds. The van der Waals surface area contributed by atoms with E-state index in [1.165, 1.54) is 18.2 Å². The summed E-state index contributed by atoms with van der Waals surface area (Å²) in [4.78, 5) is 14.1. The number of hydrogen-bond acceptors (Lipinski definition) is 2. The fraction of sp³-hybridized carbons (Fsp3) is 0.235. The Morgan fingerprint density at radius 3 is 2.64 bits per heavy atom. The molecule has 0 radical (unpaired) electrons. The van der Waals surface area contributed by atoms with Crippen LogP contribution in [0.5, 0.6) is 0 Å². The smallest absolute Gasteiger partial charge is 0.254 e. The minimum absolute atomic E-state index is 0.0398. The van der Waals surface area contributed by atoms with Crippen LogP contribution in [0.1, 0.15) is 17.3 Å². The van der Waals surface area contributed by atoms with Crippen LogP contribution in [0.2, 0.25) is 5.02 Å². The average Bonchev–Trinajstić information content (AvgIpc) is 2.54. The van der Waals surface area contributed by atoms with Crippen LogP contribution in [0.25, 0.3) is 0 Å². The van der Waals surface area contributed by atoms with Gasteiger partial charge in [-0.3, -0.25) is 4.79 Å². The molecule has 0 saturated carbocycles. The summed E-state index contributed by atoms with van der Waals surface area (Å²) in [6.45, 7) is 2.39. The average molecular weight is 321 g/mol. The van der Waals surface area contributed by atoms with Crippen molar-refractivity contribution in [2.45, 2.75) is 13.0 Å². The van der Waals surface area contributed by atoms with Crippen molar-refractivity contribution >= 4 is 23.2 Å². The van der Waals surface area contributed by atoms with Gasteiger partial charge in [0.2, 0.25) is 0 Å². The highest BCUT2D eigenvalue weighted by atomic mass is 35.5. The summed E-state index contributed by atoms with van der Waals surface area (Å²) in [5.74, 6) is -1.04. The zero-order valence-electron chi connectivity index (χ0n) is 12.5. The first kappa shape index (κ1) is 16.3. The Labute approximate surface area is 134 Å². The third-order valence-electron chi connectivity index (χ3n) is 3.56. The molecule has 0 spiro atoms. The van der Waals surface area contributed by atoms with Gasteiger partial charge in [-0.1, -0.05) is 29.8 Å². The van der Waals surface area contributed by atoms with Gasteiger partial charge < -0.3 is 10.2 Å². The van der Waals surface area contributed by atoms with Crippen molar-refractivity contribution in [2.75, 3.05) is 18.5 Å². The number of benzene rings is 2. The number of anilines is 1. The predicted molar refractivity (Wildman–Crippen MR) is 88.1 cm³/mol. The molecule has 2 rings (SSSR count). The summed E-state index contributed by atoms with van der Waals surface area (Å²) in [7, 11) is 1.95. The Morgan fingerprint density at radius 2 is 1.95 bits per heavy atom. The lowest BCUT2D eigenvalue weighted by Gasteiger charge is -2.27. The molecule has 0 bridgehead atoms. The number of rotatable bonds is 5. The number of para-hydroxylation sites is 1. The van der Waals surface area contributed by atoms with E-state index in [1.807, 2.05) is 44.3 Å². The molecule has 116 valence electrons. The lowest BCUT2D eigenvalue weighted by Crippen LogP contribution is -2.40. The number of amides is 1. The fourth-order valence-electron chi connectivity index (χ4n) is 2.06. The third-order valence-corrected chi connectivity index (χ3v) is 3.79. The minimum atomic E-state index is -0.578. The zero-order chi connectivity index (χ0) is 16.1. The van der Waals surface area contributed by atoms with E-state index in [-0.39, 0.29) is 11.6 Å². The standard InChI is InChI=1S/C17H18ClFN2O/c1-12(21(2)14-6-4-3-5-7-14)11-20-17(22)15-10-13(18)8-9-16(15)19/h3-10,12H,11H2,1-2H3,(H,20,22)/t12-/m1/s1. The summed E-state index contributed by atoms with van der Waals surface area (Å²) in [6, 6.07) is 13.9. The second-order valence-corrected chi connectivity index (χ2v) is 5.57. The lowest BCUT2D eigenvalue weighted by atomic mass is 10.2. The van der Waals surface area contributed by atoms with Crippen LogP contribution >= 0.6 is 11.6 Å². The molecule has 0 fully saturated rings. The van der Waals surface area contributed by atoms with E-state index in [0.717, 1.165) is 5.69 Å². The van der Waals surface area contributed by atoms with Gasteiger partial charge in [-0.05, 0) is 37.3 Å². The van der Waals surface area contributed by atoms with Crippen LogP contribution in [0.3, 0.4) is 0 Å². The SMILES string of the molecule is C[C@H](CNC(=O)c1cc(Cl)ccc1F)N(C)c1ccccc1. The minimum Gasteiger partial charge on any atom is -0.370 e. The molecule has 3 nitrogen and oxygen atoms in total. The van der Waals surface area contributed by atoms with E-state index in [1.54, 1.807) is 0 Å². The number of likely N-dealkylation sites (N-methyl/N-ethyl adjacent to an activating group) is 1. The van der Waals surface area contributed by atoms with Crippen molar-refractivity contribution in [3.05, 3.63) is 64.9 Å². The maximum absolute atomic E-state index is 13.6. The third kappa shape index (κ3) is 3.98. The van der Waals surface area contributed by atoms with Crippen molar-refractivity contribution in [3.8, 4) is 0 Å². The van der Waals surface area contributed by atoms with Gasteiger partial charge in [-0.2, -0.15) is 0 Å². The van der Waals surface area contributed by atoms with Crippen LogP contribution in [0.15, 0.2) is 48.5 Å². The van der Waals surface area contributed by atoms with E-state index in [0.29, 0.717) is 11.6 Å². The van der Waals surface area contributed by atoms with Gasteiger partial charge >= 0.3 is 0 Å². The molecule has 0 aliphatic rings. The first-order valence-corrected chi connectivity index (χ1v) is 7.38. The van der Waals surface area contributed by atoms with Gasteiger partial charge in [-0.15, -0.1) is 0 Å². The Hall–Kier alpha value is -2.07. The Morgan fingerprint density at radius 1 is 1.27 bits per heavy atom. The van der Waals surface area contributed by atoms with Gasteiger partial charge in [0.1, 0.15) is 5.82 Å². The first-order chi connectivity index (χ1) is 10.5. The second-order valence-electron chi connectivity index (χ2n) is 5.13. The maximum atomic E-state index is 13.6. The van der Waals surface area contributed by atoms with E-state index in [2.05, 4.69) is 10.2 Å². The molecule has 2 aromatic rings. The van der Waals surface area contributed by atoms with E-state index in [9.17, 15) is 9.18 Å². The summed E-state index contributed by atoms with van der Waals surface area (Å²) in [6.07, 6.45) is 0. The normalized spacial score (nSPS) is 11.8. The molecule has 0 heterocycles. The van der Waals surface area contributed by atoms with E-state index in [4.69, 9.17) is 11.6 Å². The molecule has 0 aromatic heterocycles. The number of nitrogens with zero attached hydrogens (tertiary/aromatic N) is 1.